The zero-order valence-electron chi connectivity index (χ0n) is 11.4. The van der Waals surface area contributed by atoms with E-state index >= 15 is 0 Å². The number of nitrogens with zero attached hydrogens (tertiary/aromatic N) is 1. The summed E-state index contributed by atoms with van der Waals surface area (Å²) in [6.45, 7) is 4.40. The second-order valence-electron chi connectivity index (χ2n) is 5.75. The van der Waals surface area contributed by atoms with Crippen molar-refractivity contribution in [1.29, 1.82) is 0 Å². The van der Waals surface area contributed by atoms with E-state index in [0.717, 1.165) is 38.8 Å². The highest BCUT2D eigenvalue weighted by atomic mass is 16.1. The van der Waals surface area contributed by atoms with Gasteiger partial charge in [-0.3, -0.25) is 4.79 Å². The number of likely N-dealkylation sites (tertiary alicyclic amines) is 1. The van der Waals surface area contributed by atoms with Gasteiger partial charge in [-0.05, 0) is 51.7 Å². The van der Waals surface area contributed by atoms with Crippen LogP contribution in [0.2, 0.25) is 0 Å². The Balaban J connectivity index is 1.58. The average molecular weight is 253 g/mol. The lowest BCUT2D eigenvalue weighted by molar-refractivity contribution is -0.126. The number of nitrogens with one attached hydrogen (secondary N) is 1. The third kappa shape index (κ3) is 3.95. The predicted molar refractivity (Wildman–Crippen MR) is 73.2 cm³/mol. The molecular weight excluding hydrogens is 226 g/mol. The molecule has 1 saturated carbocycles. The van der Waals surface area contributed by atoms with E-state index in [1.54, 1.807) is 0 Å². The van der Waals surface area contributed by atoms with Gasteiger partial charge >= 0.3 is 0 Å². The standard InChI is InChI=1S/C14H27N3O/c15-13-7-2-1-6-12(13)14(18)16-8-5-11-17-9-3-4-10-17/h12-13H,1-11,15H2,(H,16,18). The maximum atomic E-state index is 12.0. The fourth-order valence-electron chi connectivity index (χ4n) is 3.14. The van der Waals surface area contributed by atoms with Crippen molar-refractivity contribution in [2.24, 2.45) is 11.7 Å². The first-order chi connectivity index (χ1) is 8.77. The van der Waals surface area contributed by atoms with Crippen molar-refractivity contribution in [2.75, 3.05) is 26.2 Å². The molecule has 0 radical (unpaired) electrons. The first-order valence-electron chi connectivity index (χ1n) is 7.53. The van der Waals surface area contributed by atoms with Crippen LogP contribution in [-0.4, -0.2) is 43.0 Å². The number of amides is 1. The molecule has 1 heterocycles. The highest BCUT2D eigenvalue weighted by Crippen LogP contribution is 2.22. The Labute approximate surface area is 110 Å². The molecule has 1 saturated heterocycles. The smallest absolute Gasteiger partial charge is 0.224 e. The molecule has 2 rings (SSSR count). The Morgan fingerprint density at radius 3 is 2.61 bits per heavy atom. The second-order valence-corrected chi connectivity index (χ2v) is 5.75. The summed E-state index contributed by atoms with van der Waals surface area (Å²) >= 11 is 0. The molecule has 2 atom stereocenters. The van der Waals surface area contributed by atoms with Crippen molar-refractivity contribution >= 4 is 5.91 Å². The fourth-order valence-corrected chi connectivity index (χ4v) is 3.14. The predicted octanol–water partition coefficient (Wildman–Crippen LogP) is 1.11. The van der Waals surface area contributed by atoms with Gasteiger partial charge in [0, 0.05) is 12.6 Å². The quantitative estimate of drug-likeness (QED) is 0.722. The molecule has 3 N–H and O–H groups in total. The molecule has 0 aromatic rings. The number of hydrogen-bond acceptors (Lipinski definition) is 3. The number of carbonyl (C=O) groups is 1. The van der Waals surface area contributed by atoms with E-state index in [1.807, 2.05) is 0 Å². The van der Waals surface area contributed by atoms with Crippen molar-refractivity contribution in [3.05, 3.63) is 0 Å². The first kappa shape index (κ1) is 13.8. The van der Waals surface area contributed by atoms with Gasteiger partial charge in [-0.25, -0.2) is 0 Å². The largest absolute Gasteiger partial charge is 0.356 e. The third-order valence-corrected chi connectivity index (χ3v) is 4.31. The minimum absolute atomic E-state index is 0.0607. The molecule has 2 aliphatic rings. The van der Waals surface area contributed by atoms with Gasteiger partial charge in [0.25, 0.3) is 0 Å². The third-order valence-electron chi connectivity index (χ3n) is 4.31. The van der Waals surface area contributed by atoms with Crippen molar-refractivity contribution < 1.29 is 4.79 Å². The van der Waals surface area contributed by atoms with E-state index < -0.39 is 0 Å². The number of rotatable bonds is 5. The summed E-state index contributed by atoms with van der Waals surface area (Å²) in [5.41, 5.74) is 6.01. The number of hydrogen-bond donors (Lipinski definition) is 2. The molecule has 1 aliphatic carbocycles. The van der Waals surface area contributed by atoms with Gasteiger partial charge in [0.05, 0.1) is 5.92 Å². The number of nitrogens with two attached hydrogens (primary N) is 1. The van der Waals surface area contributed by atoms with E-state index in [-0.39, 0.29) is 17.9 Å². The lowest BCUT2D eigenvalue weighted by Gasteiger charge is -2.27. The van der Waals surface area contributed by atoms with E-state index in [0.29, 0.717) is 0 Å². The van der Waals surface area contributed by atoms with E-state index in [4.69, 9.17) is 5.73 Å². The average Bonchev–Trinajstić information content (AvgIpc) is 2.88. The number of carbonyl (C=O) groups excluding carboxylic acids is 1. The Morgan fingerprint density at radius 1 is 1.17 bits per heavy atom. The molecule has 18 heavy (non-hydrogen) atoms. The fraction of sp³-hybridized carbons (Fsp3) is 0.929. The van der Waals surface area contributed by atoms with Crippen LogP contribution >= 0.6 is 0 Å². The highest BCUT2D eigenvalue weighted by Gasteiger charge is 2.27. The normalized spacial score (nSPS) is 29.4. The topological polar surface area (TPSA) is 58.4 Å². The van der Waals surface area contributed by atoms with Gasteiger partial charge in [0.2, 0.25) is 5.91 Å². The Hall–Kier alpha value is -0.610. The molecule has 0 spiro atoms. The maximum Gasteiger partial charge on any atom is 0.224 e. The molecule has 1 aliphatic heterocycles. The van der Waals surface area contributed by atoms with Crippen LogP contribution in [0.15, 0.2) is 0 Å². The van der Waals surface area contributed by atoms with Crippen molar-refractivity contribution in [3.8, 4) is 0 Å². The molecule has 0 bridgehead atoms. The van der Waals surface area contributed by atoms with Crippen LogP contribution in [0.4, 0.5) is 0 Å². The Morgan fingerprint density at radius 2 is 1.89 bits per heavy atom. The van der Waals surface area contributed by atoms with Crippen molar-refractivity contribution in [3.63, 3.8) is 0 Å². The molecule has 2 unspecified atom stereocenters. The van der Waals surface area contributed by atoms with Gasteiger partial charge in [-0.1, -0.05) is 12.8 Å². The first-order valence-corrected chi connectivity index (χ1v) is 7.53. The van der Waals surface area contributed by atoms with Crippen LogP contribution in [0.5, 0.6) is 0 Å². The summed E-state index contributed by atoms with van der Waals surface area (Å²) in [4.78, 5) is 14.5. The van der Waals surface area contributed by atoms with Crippen molar-refractivity contribution in [2.45, 2.75) is 51.0 Å². The van der Waals surface area contributed by atoms with Gasteiger partial charge in [0.1, 0.15) is 0 Å². The Bertz CT molecular complexity index is 264. The lowest BCUT2D eigenvalue weighted by Crippen LogP contribution is -2.44. The van der Waals surface area contributed by atoms with Crippen LogP contribution in [0.3, 0.4) is 0 Å². The summed E-state index contributed by atoms with van der Waals surface area (Å²) in [5.74, 6) is 0.245. The lowest BCUT2D eigenvalue weighted by atomic mass is 9.84. The monoisotopic (exact) mass is 253 g/mol. The van der Waals surface area contributed by atoms with Gasteiger partial charge in [-0.15, -0.1) is 0 Å². The molecule has 2 fully saturated rings. The van der Waals surface area contributed by atoms with Crippen LogP contribution in [0, 0.1) is 5.92 Å². The van der Waals surface area contributed by atoms with Crippen LogP contribution in [-0.2, 0) is 4.79 Å². The van der Waals surface area contributed by atoms with E-state index in [9.17, 15) is 4.79 Å². The summed E-state index contributed by atoms with van der Waals surface area (Å²) < 4.78 is 0. The zero-order valence-corrected chi connectivity index (χ0v) is 11.4. The molecular formula is C14H27N3O. The minimum atomic E-state index is 0.0607. The summed E-state index contributed by atoms with van der Waals surface area (Å²) in [5, 5.41) is 3.06. The summed E-state index contributed by atoms with van der Waals surface area (Å²) in [6, 6.07) is 0.0809. The summed E-state index contributed by atoms with van der Waals surface area (Å²) in [7, 11) is 0. The van der Waals surface area contributed by atoms with Gasteiger partial charge in [0.15, 0.2) is 0 Å². The highest BCUT2D eigenvalue weighted by molar-refractivity contribution is 5.79. The second kappa shape index (κ2) is 7.10. The van der Waals surface area contributed by atoms with E-state index in [2.05, 4.69) is 10.2 Å². The van der Waals surface area contributed by atoms with Crippen LogP contribution in [0.25, 0.3) is 0 Å². The Kier molecular flexibility index (Phi) is 5.45. The molecule has 4 heteroatoms. The van der Waals surface area contributed by atoms with Crippen molar-refractivity contribution in [1.82, 2.24) is 10.2 Å². The van der Waals surface area contributed by atoms with Gasteiger partial charge in [-0.2, -0.15) is 0 Å². The van der Waals surface area contributed by atoms with E-state index in [1.165, 1.54) is 32.4 Å². The SMILES string of the molecule is NC1CCCCC1C(=O)NCCCN1CCCC1. The minimum Gasteiger partial charge on any atom is -0.356 e. The molecule has 0 aromatic carbocycles. The van der Waals surface area contributed by atoms with Crippen LogP contribution < -0.4 is 11.1 Å². The van der Waals surface area contributed by atoms with Gasteiger partial charge < -0.3 is 16.0 Å². The molecule has 0 aromatic heterocycles. The molecule has 4 nitrogen and oxygen atoms in total. The molecule has 1 amide bonds. The molecule has 104 valence electrons. The zero-order chi connectivity index (χ0) is 12.8. The summed E-state index contributed by atoms with van der Waals surface area (Å²) in [6.07, 6.45) is 8.05. The van der Waals surface area contributed by atoms with Crippen LogP contribution in [0.1, 0.15) is 44.9 Å². The maximum absolute atomic E-state index is 12.0.